The topological polar surface area (TPSA) is 38.1 Å². The molecule has 1 rings (SSSR count). The fourth-order valence-electron chi connectivity index (χ4n) is 0.715. The number of hydrogen-bond donors (Lipinski definition) is 0. The Hall–Kier alpha value is -1.32. The normalized spacial score (nSPS) is 9.64. The first-order valence-corrected chi connectivity index (χ1v) is 3.37. The van der Waals surface area contributed by atoms with Gasteiger partial charge in [-0.05, 0) is 0 Å². The van der Waals surface area contributed by atoms with Crippen LogP contribution in [0.4, 0.5) is 0 Å². The fourth-order valence-corrected chi connectivity index (χ4v) is 0.715. The van der Waals surface area contributed by atoms with Crippen molar-refractivity contribution in [2.75, 3.05) is 7.05 Å². The number of nitrogens with zero attached hydrogens (tertiary/aromatic N) is 3. The van der Waals surface area contributed by atoms with Gasteiger partial charge in [-0.15, -0.1) is 0 Å². The lowest BCUT2D eigenvalue weighted by molar-refractivity contribution is -0.129. The maximum absolute atomic E-state index is 10.8. The molecule has 0 radical (unpaired) electrons. The number of imidazole rings is 1. The quantitative estimate of drug-likeness (QED) is 0.613. The Morgan fingerprint density at radius 2 is 2.45 bits per heavy atom. The maximum Gasteiger partial charge on any atom is 0.220 e. The van der Waals surface area contributed by atoms with E-state index in [1.165, 1.54) is 6.92 Å². The zero-order valence-electron chi connectivity index (χ0n) is 6.69. The number of carbonyl (C=O) groups excluding carboxylic acids is 1. The SMILES string of the molecule is CC(=O)N(C)Cn1ccnc1. The van der Waals surface area contributed by atoms with Crippen LogP contribution in [-0.2, 0) is 11.5 Å². The molecule has 0 saturated carbocycles. The van der Waals surface area contributed by atoms with E-state index in [1.807, 2.05) is 10.8 Å². The Balaban J connectivity index is 2.50. The average Bonchev–Trinajstić information content (AvgIpc) is 2.39. The second kappa shape index (κ2) is 3.18. The Bertz CT molecular complexity index is 230. The first-order chi connectivity index (χ1) is 5.20. The number of carbonyl (C=O) groups is 1. The van der Waals surface area contributed by atoms with Gasteiger partial charge in [0, 0.05) is 26.4 Å². The molecule has 1 aromatic heterocycles. The summed E-state index contributed by atoms with van der Waals surface area (Å²) >= 11 is 0. The minimum Gasteiger partial charge on any atom is -0.328 e. The molecule has 1 heterocycles. The molecule has 0 unspecified atom stereocenters. The van der Waals surface area contributed by atoms with Gasteiger partial charge in [0.1, 0.15) is 0 Å². The maximum atomic E-state index is 10.8. The summed E-state index contributed by atoms with van der Waals surface area (Å²) in [5.41, 5.74) is 0. The van der Waals surface area contributed by atoms with Gasteiger partial charge in [-0.3, -0.25) is 4.79 Å². The van der Waals surface area contributed by atoms with E-state index in [0.29, 0.717) is 6.67 Å². The van der Waals surface area contributed by atoms with E-state index in [-0.39, 0.29) is 5.91 Å². The Morgan fingerprint density at radius 3 is 2.91 bits per heavy atom. The van der Waals surface area contributed by atoms with E-state index >= 15 is 0 Å². The summed E-state index contributed by atoms with van der Waals surface area (Å²) in [6.07, 6.45) is 5.19. The molecule has 0 atom stereocenters. The lowest BCUT2D eigenvalue weighted by Gasteiger charge is -2.14. The van der Waals surface area contributed by atoms with E-state index in [0.717, 1.165) is 0 Å². The van der Waals surface area contributed by atoms with Crippen LogP contribution in [0.2, 0.25) is 0 Å². The monoisotopic (exact) mass is 153 g/mol. The summed E-state index contributed by atoms with van der Waals surface area (Å²) in [5.74, 6) is 0.0544. The van der Waals surface area contributed by atoms with E-state index in [1.54, 1.807) is 24.5 Å². The fraction of sp³-hybridized carbons (Fsp3) is 0.429. The molecule has 0 bridgehead atoms. The highest BCUT2D eigenvalue weighted by Gasteiger charge is 2.00. The van der Waals surface area contributed by atoms with Crippen molar-refractivity contribution < 1.29 is 4.79 Å². The predicted molar refractivity (Wildman–Crippen MR) is 40.7 cm³/mol. The highest BCUT2D eigenvalue weighted by Crippen LogP contribution is 1.90. The van der Waals surface area contributed by atoms with Crippen molar-refractivity contribution in [3.05, 3.63) is 18.7 Å². The molecule has 1 aromatic rings. The van der Waals surface area contributed by atoms with Gasteiger partial charge < -0.3 is 9.47 Å². The standard InChI is InChI=1S/C7H11N3O/c1-7(11)9(2)6-10-4-3-8-5-10/h3-5H,6H2,1-2H3. The van der Waals surface area contributed by atoms with Gasteiger partial charge in [0.25, 0.3) is 0 Å². The first-order valence-electron chi connectivity index (χ1n) is 3.37. The van der Waals surface area contributed by atoms with Crippen LogP contribution in [0.3, 0.4) is 0 Å². The molecule has 0 aromatic carbocycles. The summed E-state index contributed by atoms with van der Waals surface area (Å²) in [7, 11) is 1.75. The molecule has 0 spiro atoms. The van der Waals surface area contributed by atoms with E-state index in [4.69, 9.17) is 0 Å². The van der Waals surface area contributed by atoms with Crippen LogP contribution in [0, 0.1) is 0 Å². The molecule has 60 valence electrons. The molecule has 0 aliphatic rings. The molecular weight excluding hydrogens is 142 g/mol. The molecule has 0 aliphatic carbocycles. The second-order valence-corrected chi connectivity index (χ2v) is 2.44. The lowest BCUT2D eigenvalue weighted by atomic mass is 10.6. The van der Waals surface area contributed by atoms with E-state index in [9.17, 15) is 4.79 Å². The van der Waals surface area contributed by atoms with Gasteiger partial charge >= 0.3 is 0 Å². The summed E-state index contributed by atoms with van der Waals surface area (Å²) in [5, 5.41) is 0. The summed E-state index contributed by atoms with van der Waals surface area (Å²) in [6.45, 7) is 2.10. The van der Waals surface area contributed by atoms with Gasteiger partial charge in [-0.25, -0.2) is 4.98 Å². The van der Waals surface area contributed by atoms with Gasteiger partial charge in [-0.2, -0.15) is 0 Å². The van der Waals surface area contributed by atoms with Crippen LogP contribution in [-0.4, -0.2) is 27.4 Å². The third-order valence-electron chi connectivity index (χ3n) is 1.47. The van der Waals surface area contributed by atoms with E-state index in [2.05, 4.69) is 4.98 Å². The molecule has 4 nitrogen and oxygen atoms in total. The molecular formula is C7H11N3O. The van der Waals surface area contributed by atoms with Crippen molar-refractivity contribution in [3.63, 3.8) is 0 Å². The van der Waals surface area contributed by atoms with Crippen molar-refractivity contribution in [2.24, 2.45) is 0 Å². The van der Waals surface area contributed by atoms with Crippen LogP contribution >= 0.6 is 0 Å². The zero-order chi connectivity index (χ0) is 8.27. The lowest BCUT2D eigenvalue weighted by Crippen LogP contribution is -2.25. The first kappa shape index (κ1) is 7.78. The van der Waals surface area contributed by atoms with Crippen LogP contribution in [0.15, 0.2) is 18.7 Å². The van der Waals surface area contributed by atoms with Crippen molar-refractivity contribution in [1.82, 2.24) is 14.5 Å². The molecule has 4 heteroatoms. The second-order valence-electron chi connectivity index (χ2n) is 2.44. The molecule has 1 amide bonds. The van der Waals surface area contributed by atoms with Gasteiger partial charge in [0.2, 0.25) is 5.91 Å². The minimum atomic E-state index is 0.0544. The van der Waals surface area contributed by atoms with Gasteiger partial charge in [-0.1, -0.05) is 0 Å². The van der Waals surface area contributed by atoms with Gasteiger partial charge in [0.15, 0.2) is 0 Å². The largest absolute Gasteiger partial charge is 0.328 e. The summed E-state index contributed by atoms with van der Waals surface area (Å²) in [4.78, 5) is 16.2. The summed E-state index contributed by atoms with van der Waals surface area (Å²) < 4.78 is 1.83. The minimum absolute atomic E-state index is 0.0544. The Morgan fingerprint density at radius 1 is 1.73 bits per heavy atom. The molecule has 0 fully saturated rings. The van der Waals surface area contributed by atoms with Crippen LogP contribution < -0.4 is 0 Å². The predicted octanol–water partition coefficient (Wildman–Crippen LogP) is 0.319. The number of amides is 1. The third-order valence-corrected chi connectivity index (χ3v) is 1.47. The zero-order valence-corrected chi connectivity index (χ0v) is 6.69. The third kappa shape index (κ3) is 2.07. The molecule has 0 aliphatic heterocycles. The molecule has 0 saturated heterocycles. The van der Waals surface area contributed by atoms with Crippen molar-refractivity contribution >= 4 is 5.91 Å². The number of hydrogen-bond acceptors (Lipinski definition) is 2. The summed E-state index contributed by atoms with van der Waals surface area (Å²) in [6, 6.07) is 0. The van der Waals surface area contributed by atoms with Crippen molar-refractivity contribution in [1.29, 1.82) is 0 Å². The Kier molecular flexibility index (Phi) is 2.25. The Labute approximate surface area is 65.5 Å². The molecule has 0 N–H and O–H groups in total. The molecule has 11 heavy (non-hydrogen) atoms. The van der Waals surface area contributed by atoms with Crippen molar-refractivity contribution in [3.8, 4) is 0 Å². The smallest absolute Gasteiger partial charge is 0.220 e. The van der Waals surface area contributed by atoms with Crippen molar-refractivity contribution in [2.45, 2.75) is 13.6 Å². The van der Waals surface area contributed by atoms with Crippen LogP contribution in [0.5, 0.6) is 0 Å². The number of rotatable bonds is 2. The number of aromatic nitrogens is 2. The van der Waals surface area contributed by atoms with E-state index < -0.39 is 0 Å². The van der Waals surface area contributed by atoms with Crippen LogP contribution in [0.1, 0.15) is 6.92 Å². The van der Waals surface area contributed by atoms with Gasteiger partial charge in [0.05, 0.1) is 13.0 Å². The van der Waals surface area contributed by atoms with Crippen LogP contribution in [0.25, 0.3) is 0 Å². The highest BCUT2D eigenvalue weighted by molar-refractivity contribution is 5.72. The average molecular weight is 153 g/mol. The highest BCUT2D eigenvalue weighted by atomic mass is 16.2.